The van der Waals surface area contributed by atoms with E-state index in [9.17, 15) is 14.4 Å². The van der Waals surface area contributed by atoms with Crippen molar-refractivity contribution in [3.63, 3.8) is 0 Å². The molecule has 476 valence electrons. The van der Waals surface area contributed by atoms with Crippen LogP contribution in [0, 0.1) is 0 Å². The van der Waals surface area contributed by atoms with Gasteiger partial charge in [0.25, 0.3) is 0 Å². The van der Waals surface area contributed by atoms with Gasteiger partial charge in [-0.2, -0.15) is 0 Å². The first-order chi connectivity index (χ1) is 40.0. The number of unbranched alkanes of at least 4 members (excludes halogenated alkanes) is 51. The molecule has 0 aromatic carbocycles. The number of carbonyl (C=O) groups is 3. The number of esters is 3. The van der Waals surface area contributed by atoms with Crippen LogP contribution >= 0.6 is 0 Å². The van der Waals surface area contributed by atoms with Crippen LogP contribution in [-0.2, 0) is 28.6 Å². The Labute approximate surface area is 506 Å². The SMILES string of the molecule is CCCCCCC/C=C\C/C=C\C/C=C\CCCCCCCCCCCCCCC(=O)OCC(COC(=O)CCCCCCCCCCCCC)OC(=O)CCCCCCCCCCCCCCCCCCCCCCCCCCC. The molecule has 0 aliphatic carbocycles. The summed E-state index contributed by atoms with van der Waals surface area (Å²) in [7, 11) is 0. The number of hydrogen-bond donors (Lipinski definition) is 0. The molecule has 0 aliphatic heterocycles. The van der Waals surface area contributed by atoms with Crippen LogP contribution in [0.1, 0.15) is 406 Å². The lowest BCUT2D eigenvalue weighted by Gasteiger charge is -2.18. The maximum absolute atomic E-state index is 13.0. The monoisotopic (exact) mass is 1140 g/mol. The van der Waals surface area contributed by atoms with Crippen molar-refractivity contribution < 1.29 is 28.6 Å². The van der Waals surface area contributed by atoms with Gasteiger partial charge in [0.15, 0.2) is 6.10 Å². The van der Waals surface area contributed by atoms with E-state index in [1.165, 1.54) is 295 Å². The first kappa shape index (κ1) is 78.6. The zero-order chi connectivity index (χ0) is 58.5. The van der Waals surface area contributed by atoms with E-state index in [-0.39, 0.29) is 31.1 Å². The molecule has 0 heterocycles. The normalized spacial score (nSPS) is 12.2. The van der Waals surface area contributed by atoms with Crippen molar-refractivity contribution in [2.24, 2.45) is 0 Å². The Kier molecular flexibility index (Phi) is 68.1. The summed E-state index contributed by atoms with van der Waals surface area (Å²) in [6, 6.07) is 0. The van der Waals surface area contributed by atoms with E-state index < -0.39 is 6.10 Å². The summed E-state index contributed by atoms with van der Waals surface area (Å²) in [5.41, 5.74) is 0. The molecule has 0 saturated carbocycles. The van der Waals surface area contributed by atoms with Crippen molar-refractivity contribution in [1.29, 1.82) is 0 Å². The highest BCUT2D eigenvalue weighted by atomic mass is 16.6. The fourth-order valence-electron chi connectivity index (χ4n) is 11.2. The Morgan fingerprint density at radius 2 is 0.444 bits per heavy atom. The van der Waals surface area contributed by atoms with Crippen molar-refractivity contribution in [2.75, 3.05) is 13.2 Å². The van der Waals surface area contributed by atoms with Crippen LogP contribution in [-0.4, -0.2) is 37.2 Å². The first-order valence-electron chi connectivity index (χ1n) is 36.5. The molecule has 0 aromatic heterocycles. The Bertz CT molecular complexity index is 1350. The van der Waals surface area contributed by atoms with Gasteiger partial charge in [0, 0.05) is 19.3 Å². The van der Waals surface area contributed by atoms with Gasteiger partial charge in [0.05, 0.1) is 0 Å². The lowest BCUT2D eigenvalue weighted by Crippen LogP contribution is -2.30. The second-order valence-electron chi connectivity index (χ2n) is 24.9. The number of carbonyl (C=O) groups excluding carboxylic acids is 3. The van der Waals surface area contributed by atoms with E-state index >= 15 is 0 Å². The van der Waals surface area contributed by atoms with Crippen molar-refractivity contribution in [2.45, 2.75) is 412 Å². The lowest BCUT2D eigenvalue weighted by molar-refractivity contribution is -0.167. The molecule has 81 heavy (non-hydrogen) atoms. The number of allylic oxidation sites excluding steroid dienone is 6. The molecule has 0 spiro atoms. The van der Waals surface area contributed by atoms with E-state index in [4.69, 9.17) is 14.2 Å². The molecule has 0 radical (unpaired) electrons. The van der Waals surface area contributed by atoms with Crippen LogP contribution in [0.2, 0.25) is 0 Å². The third-order valence-electron chi connectivity index (χ3n) is 16.6. The van der Waals surface area contributed by atoms with Gasteiger partial charge in [-0.15, -0.1) is 0 Å². The Hall–Kier alpha value is -2.37. The molecule has 0 N–H and O–H groups in total. The summed E-state index contributed by atoms with van der Waals surface area (Å²) < 4.78 is 17.0. The molecular weight excluding hydrogens is 997 g/mol. The summed E-state index contributed by atoms with van der Waals surface area (Å²) in [6.07, 6.45) is 87.6. The largest absolute Gasteiger partial charge is 0.462 e. The summed E-state index contributed by atoms with van der Waals surface area (Å²) >= 11 is 0. The van der Waals surface area contributed by atoms with E-state index in [0.717, 1.165) is 70.6 Å². The Morgan fingerprint density at radius 3 is 0.691 bits per heavy atom. The fraction of sp³-hybridized carbons (Fsp3) is 0.880. The maximum Gasteiger partial charge on any atom is 0.306 e. The van der Waals surface area contributed by atoms with Crippen molar-refractivity contribution >= 4 is 17.9 Å². The summed E-state index contributed by atoms with van der Waals surface area (Å²) in [6.45, 7) is 6.70. The predicted molar refractivity (Wildman–Crippen MR) is 353 cm³/mol. The molecule has 0 rings (SSSR count). The second kappa shape index (κ2) is 70.1. The molecule has 6 nitrogen and oxygen atoms in total. The highest BCUT2D eigenvalue weighted by Crippen LogP contribution is 2.19. The average molecular weight is 1140 g/mol. The zero-order valence-corrected chi connectivity index (χ0v) is 54.8. The van der Waals surface area contributed by atoms with E-state index in [0.29, 0.717) is 19.3 Å². The second-order valence-corrected chi connectivity index (χ2v) is 24.9. The van der Waals surface area contributed by atoms with E-state index in [2.05, 4.69) is 57.2 Å². The summed E-state index contributed by atoms with van der Waals surface area (Å²) in [5, 5.41) is 0. The minimum absolute atomic E-state index is 0.0662. The highest BCUT2D eigenvalue weighted by Gasteiger charge is 2.19. The molecule has 0 amide bonds. The van der Waals surface area contributed by atoms with Crippen LogP contribution < -0.4 is 0 Å². The van der Waals surface area contributed by atoms with Gasteiger partial charge < -0.3 is 14.2 Å². The molecule has 0 saturated heterocycles. The van der Waals surface area contributed by atoms with Crippen LogP contribution in [0.3, 0.4) is 0 Å². The smallest absolute Gasteiger partial charge is 0.306 e. The van der Waals surface area contributed by atoms with Crippen LogP contribution in [0.5, 0.6) is 0 Å². The standard InChI is InChI=1S/C75H140O6/c1-4-7-10-13-16-19-22-24-26-28-30-32-34-36-37-39-40-42-44-46-48-50-53-56-59-62-65-68-74(77)80-71-72(70-79-73(76)67-64-61-58-55-52-21-18-15-12-9-6-3)81-75(78)69-66-63-60-57-54-51-49-47-45-43-41-38-35-33-31-29-27-25-23-20-17-14-11-8-5-2/h22,24,28,30,34,36,72H,4-21,23,25-27,29,31-33,35,37-71H2,1-3H3/b24-22-,30-28-,36-34-. The van der Waals surface area contributed by atoms with Crippen molar-refractivity contribution in [3.05, 3.63) is 36.5 Å². The first-order valence-corrected chi connectivity index (χ1v) is 36.5. The third-order valence-corrected chi connectivity index (χ3v) is 16.6. The molecular formula is C75H140O6. The van der Waals surface area contributed by atoms with Crippen LogP contribution in [0.25, 0.3) is 0 Å². The number of rotatable bonds is 68. The quantitative estimate of drug-likeness (QED) is 0.0261. The van der Waals surface area contributed by atoms with Gasteiger partial charge >= 0.3 is 17.9 Å². The molecule has 0 aromatic rings. The average Bonchev–Trinajstić information content (AvgIpc) is 3.47. The van der Waals surface area contributed by atoms with Gasteiger partial charge in [-0.25, -0.2) is 0 Å². The molecule has 0 fully saturated rings. The third kappa shape index (κ3) is 68.3. The van der Waals surface area contributed by atoms with Gasteiger partial charge in [0.1, 0.15) is 13.2 Å². The topological polar surface area (TPSA) is 78.9 Å². The molecule has 0 bridgehead atoms. The van der Waals surface area contributed by atoms with E-state index in [1.807, 2.05) is 0 Å². The molecule has 6 heteroatoms. The number of hydrogen-bond acceptors (Lipinski definition) is 6. The van der Waals surface area contributed by atoms with Gasteiger partial charge in [-0.3, -0.25) is 14.4 Å². The minimum Gasteiger partial charge on any atom is -0.462 e. The fourth-order valence-corrected chi connectivity index (χ4v) is 11.2. The summed E-state index contributed by atoms with van der Waals surface area (Å²) in [5.74, 6) is -0.838. The lowest BCUT2D eigenvalue weighted by atomic mass is 10.0. The Balaban J connectivity index is 4.17. The van der Waals surface area contributed by atoms with Gasteiger partial charge in [-0.1, -0.05) is 365 Å². The zero-order valence-electron chi connectivity index (χ0n) is 54.8. The van der Waals surface area contributed by atoms with E-state index in [1.54, 1.807) is 0 Å². The molecule has 0 aliphatic rings. The van der Waals surface area contributed by atoms with Gasteiger partial charge in [0.2, 0.25) is 0 Å². The molecule has 1 atom stereocenters. The predicted octanol–water partition coefficient (Wildman–Crippen LogP) is 25.1. The van der Waals surface area contributed by atoms with Crippen molar-refractivity contribution in [3.8, 4) is 0 Å². The number of ether oxygens (including phenoxy) is 3. The molecule has 1 unspecified atom stereocenters. The van der Waals surface area contributed by atoms with Crippen LogP contribution in [0.15, 0.2) is 36.5 Å². The van der Waals surface area contributed by atoms with Gasteiger partial charge in [-0.05, 0) is 57.8 Å². The minimum atomic E-state index is -0.769. The maximum atomic E-state index is 13.0. The highest BCUT2D eigenvalue weighted by molar-refractivity contribution is 5.71. The van der Waals surface area contributed by atoms with Crippen LogP contribution in [0.4, 0.5) is 0 Å². The Morgan fingerprint density at radius 1 is 0.247 bits per heavy atom. The summed E-state index contributed by atoms with van der Waals surface area (Å²) in [4.78, 5) is 38.4. The van der Waals surface area contributed by atoms with Crippen molar-refractivity contribution in [1.82, 2.24) is 0 Å².